The van der Waals surface area contributed by atoms with Crippen molar-refractivity contribution in [1.29, 1.82) is 0 Å². The summed E-state index contributed by atoms with van der Waals surface area (Å²) in [5.41, 5.74) is 2.92. The van der Waals surface area contributed by atoms with Gasteiger partial charge in [0.25, 0.3) is 0 Å². The van der Waals surface area contributed by atoms with Crippen LogP contribution in [0, 0.1) is 6.92 Å². The highest BCUT2D eigenvalue weighted by Crippen LogP contribution is 2.35. The second-order valence-corrected chi connectivity index (χ2v) is 5.57. The van der Waals surface area contributed by atoms with Crippen LogP contribution in [0.3, 0.4) is 0 Å². The molecule has 2 heterocycles. The van der Waals surface area contributed by atoms with Crippen molar-refractivity contribution in [2.45, 2.75) is 13.8 Å². The Hall–Kier alpha value is -2.02. The molecule has 0 radical (unpaired) electrons. The van der Waals surface area contributed by atoms with Gasteiger partial charge < -0.3 is 13.7 Å². The molecule has 0 amide bonds. The fourth-order valence-corrected chi connectivity index (χ4v) is 3.05. The van der Waals surface area contributed by atoms with E-state index in [1.54, 1.807) is 6.92 Å². The molecule has 0 bridgehead atoms. The van der Waals surface area contributed by atoms with Crippen LogP contribution in [0.4, 0.5) is 0 Å². The second-order valence-electron chi connectivity index (χ2n) is 4.71. The Morgan fingerprint density at radius 1 is 1.52 bits per heavy atom. The number of oxazole rings is 1. The summed E-state index contributed by atoms with van der Waals surface area (Å²) in [4.78, 5) is 26.4. The zero-order valence-electron chi connectivity index (χ0n) is 11.7. The third-order valence-corrected chi connectivity index (χ3v) is 4.18. The van der Waals surface area contributed by atoms with Crippen LogP contribution in [0.1, 0.15) is 23.0 Å². The van der Waals surface area contributed by atoms with E-state index in [1.165, 1.54) is 0 Å². The minimum Gasteiger partial charge on any atom is -0.462 e. The van der Waals surface area contributed by atoms with E-state index >= 15 is 0 Å². The van der Waals surface area contributed by atoms with Crippen LogP contribution in [-0.4, -0.2) is 22.1 Å². The van der Waals surface area contributed by atoms with Crippen LogP contribution in [0.25, 0.3) is 22.0 Å². The maximum absolute atomic E-state index is 12.3. The van der Waals surface area contributed by atoms with Crippen molar-refractivity contribution in [2.24, 2.45) is 7.05 Å². The Morgan fingerprint density at radius 3 is 2.90 bits per heavy atom. The molecule has 0 saturated heterocycles. The van der Waals surface area contributed by atoms with Gasteiger partial charge in [-0.2, -0.15) is 0 Å². The summed E-state index contributed by atoms with van der Waals surface area (Å²) in [6.45, 7) is 3.88. The van der Waals surface area contributed by atoms with Crippen molar-refractivity contribution in [1.82, 2.24) is 9.55 Å². The van der Waals surface area contributed by atoms with Crippen molar-refractivity contribution in [3.05, 3.63) is 32.3 Å². The van der Waals surface area contributed by atoms with E-state index in [9.17, 15) is 9.59 Å². The molecular formula is C14H13BrN2O4. The van der Waals surface area contributed by atoms with Gasteiger partial charge in [0.2, 0.25) is 0 Å². The number of esters is 1. The molecule has 0 spiro atoms. The first-order valence-corrected chi connectivity index (χ1v) is 7.22. The Bertz CT molecular complexity index is 932. The maximum Gasteiger partial charge on any atom is 0.417 e. The van der Waals surface area contributed by atoms with Gasteiger partial charge in [0.1, 0.15) is 0 Å². The average Bonchev–Trinajstić information content (AvgIpc) is 2.92. The smallest absolute Gasteiger partial charge is 0.417 e. The number of fused-ring (bicyclic) bond motifs is 3. The first kappa shape index (κ1) is 13.9. The van der Waals surface area contributed by atoms with Gasteiger partial charge in [-0.25, -0.2) is 9.59 Å². The highest BCUT2D eigenvalue weighted by Gasteiger charge is 2.24. The molecule has 7 heteroatoms. The van der Waals surface area contributed by atoms with Gasteiger partial charge in [-0.3, -0.25) is 4.98 Å². The average molecular weight is 353 g/mol. The fraction of sp³-hybridized carbons (Fsp3) is 0.286. The molecular weight excluding hydrogens is 340 g/mol. The van der Waals surface area contributed by atoms with Crippen molar-refractivity contribution < 1.29 is 13.9 Å². The number of nitrogens with zero attached hydrogens (tertiary/aromatic N) is 1. The first-order valence-electron chi connectivity index (χ1n) is 6.43. The summed E-state index contributed by atoms with van der Waals surface area (Å²) < 4.78 is 12.8. The minimum absolute atomic E-state index is 0.288. The number of ether oxygens (including phenoxy) is 1. The van der Waals surface area contributed by atoms with Gasteiger partial charge in [-0.1, -0.05) is 0 Å². The van der Waals surface area contributed by atoms with Crippen molar-refractivity contribution in [2.75, 3.05) is 6.61 Å². The van der Waals surface area contributed by atoms with Crippen LogP contribution < -0.4 is 5.76 Å². The third-order valence-electron chi connectivity index (χ3n) is 3.59. The normalized spacial score (nSPS) is 11.4. The number of halogens is 1. The lowest BCUT2D eigenvalue weighted by Crippen LogP contribution is -2.06. The molecule has 0 aliphatic heterocycles. The van der Waals surface area contributed by atoms with Crippen LogP contribution in [-0.2, 0) is 11.8 Å². The van der Waals surface area contributed by atoms with E-state index in [0.717, 1.165) is 11.2 Å². The molecule has 0 aliphatic rings. The summed E-state index contributed by atoms with van der Waals surface area (Å²) in [6, 6.07) is 1.82. The highest BCUT2D eigenvalue weighted by molar-refractivity contribution is 9.10. The summed E-state index contributed by atoms with van der Waals surface area (Å²) >= 11 is 3.38. The lowest BCUT2D eigenvalue weighted by Gasteiger charge is -2.02. The number of hydrogen-bond acceptors (Lipinski definition) is 4. The van der Waals surface area contributed by atoms with Gasteiger partial charge in [-0.05, 0) is 35.8 Å². The number of benzene rings is 1. The molecule has 110 valence electrons. The second kappa shape index (κ2) is 4.77. The summed E-state index contributed by atoms with van der Waals surface area (Å²) in [5.74, 6) is -0.971. The molecule has 0 unspecified atom stereocenters. The van der Waals surface area contributed by atoms with Gasteiger partial charge in [0.05, 0.1) is 27.7 Å². The van der Waals surface area contributed by atoms with Crippen molar-refractivity contribution in [3.63, 3.8) is 0 Å². The summed E-state index contributed by atoms with van der Waals surface area (Å²) in [7, 11) is 1.86. The topological polar surface area (TPSA) is 77.2 Å². The maximum atomic E-state index is 12.3. The van der Waals surface area contributed by atoms with Crippen LogP contribution in [0.2, 0.25) is 0 Å². The molecule has 21 heavy (non-hydrogen) atoms. The zero-order chi connectivity index (χ0) is 15.3. The monoisotopic (exact) mass is 352 g/mol. The number of nitrogens with one attached hydrogen (secondary N) is 1. The van der Waals surface area contributed by atoms with Crippen LogP contribution in [0.15, 0.2) is 19.8 Å². The number of rotatable bonds is 2. The minimum atomic E-state index is -0.561. The van der Waals surface area contributed by atoms with E-state index in [4.69, 9.17) is 9.15 Å². The molecule has 6 nitrogen and oxygen atoms in total. The Kier molecular flexibility index (Phi) is 3.16. The molecule has 1 aromatic carbocycles. The molecule has 3 aromatic rings. The van der Waals surface area contributed by atoms with Crippen LogP contribution in [0.5, 0.6) is 0 Å². The number of carbonyl (C=O) groups is 1. The van der Waals surface area contributed by atoms with Crippen molar-refractivity contribution in [3.8, 4) is 0 Å². The third kappa shape index (κ3) is 1.91. The molecule has 1 N–H and O–H groups in total. The molecule has 3 rings (SSSR count). The number of aromatic amines is 1. The van der Waals surface area contributed by atoms with E-state index in [1.807, 2.05) is 24.6 Å². The molecule has 0 atom stereocenters. The van der Waals surface area contributed by atoms with E-state index < -0.39 is 11.7 Å². The van der Waals surface area contributed by atoms with Crippen molar-refractivity contribution >= 4 is 43.9 Å². The predicted octanol–water partition coefficient (Wildman–Crippen LogP) is 2.86. The Labute approximate surface area is 127 Å². The lowest BCUT2D eigenvalue weighted by atomic mass is 10.1. The van der Waals surface area contributed by atoms with E-state index in [2.05, 4.69) is 20.9 Å². The molecule has 2 aromatic heterocycles. The number of carbonyl (C=O) groups excluding carboxylic acids is 1. The number of aromatic nitrogens is 2. The number of H-pyrrole nitrogens is 1. The van der Waals surface area contributed by atoms with Gasteiger partial charge >= 0.3 is 11.7 Å². The standard InChI is InChI=1S/C14H13BrN2O4/c1-4-20-13(18)9-6(2)17(3)8-5-7(15)12-11(10(8)9)16-14(19)21-12/h5H,4H2,1-3H3,(H,16,19). The predicted molar refractivity (Wildman–Crippen MR) is 81.7 cm³/mol. The molecule has 0 fully saturated rings. The van der Waals surface area contributed by atoms with Gasteiger partial charge in [0.15, 0.2) is 5.58 Å². The first-order chi connectivity index (χ1) is 9.95. The van der Waals surface area contributed by atoms with Gasteiger partial charge in [-0.15, -0.1) is 0 Å². The zero-order valence-corrected chi connectivity index (χ0v) is 13.3. The van der Waals surface area contributed by atoms with Crippen LogP contribution >= 0.6 is 15.9 Å². The largest absolute Gasteiger partial charge is 0.462 e. The molecule has 0 aliphatic carbocycles. The highest BCUT2D eigenvalue weighted by atomic mass is 79.9. The Balaban J connectivity index is 2.53. The SMILES string of the molecule is CCOC(=O)c1c(C)n(C)c2cc(Br)c3oc(=O)[nH]c3c12. The summed E-state index contributed by atoms with van der Waals surface area (Å²) in [5, 5.41) is 0.637. The Morgan fingerprint density at radius 2 is 2.24 bits per heavy atom. The van der Waals surface area contributed by atoms with E-state index in [-0.39, 0.29) is 6.61 Å². The molecule has 0 saturated carbocycles. The quantitative estimate of drug-likeness (QED) is 0.719. The lowest BCUT2D eigenvalue weighted by molar-refractivity contribution is 0.0527. The van der Waals surface area contributed by atoms with Gasteiger partial charge in [0, 0.05) is 18.1 Å². The fourth-order valence-electron chi connectivity index (χ4n) is 2.56. The van der Waals surface area contributed by atoms with E-state index in [0.29, 0.717) is 26.5 Å². The summed E-state index contributed by atoms with van der Waals surface area (Å²) in [6.07, 6.45) is 0. The number of hydrogen-bond donors (Lipinski definition) is 1. The number of aryl methyl sites for hydroxylation is 1.